The van der Waals surface area contributed by atoms with Gasteiger partial charge in [0.05, 0.1) is 14.1 Å². The lowest BCUT2D eigenvalue weighted by Gasteiger charge is -1.81. The Morgan fingerprint density at radius 2 is 2.30 bits per heavy atom. The highest BCUT2D eigenvalue weighted by molar-refractivity contribution is 5.03. The van der Waals surface area contributed by atoms with Crippen LogP contribution in [0, 0.1) is 11.3 Å². The second kappa shape index (κ2) is 3.56. The van der Waals surface area contributed by atoms with Gasteiger partial charge in [0, 0.05) is 0 Å². The standard InChI is InChI=1S/C6H8N3.HI/c1-8-3-4-9(2)6(8)5-7;/h3-4H,1-2H3;1H/q+1;/p-1. The maximum atomic E-state index is 8.50. The Kier molecular flexibility index (Phi) is 3.36. The smallest absolute Gasteiger partial charge is 0.361 e. The first-order chi connectivity index (χ1) is 4.25. The molecule has 0 bridgehead atoms. The molecule has 0 aliphatic rings. The van der Waals surface area contributed by atoms with Gasteiger partial charge >= 0.3 is 5.82 Å². The summed E-state index contributed by atoms with van der Waals surface area (Å²) < 4.78 is 3.56. The molecule has 0 aliphatic carbocycles. The van der Waals surface area contributed by atoms with Gasteiger partial charge in [-0.1, -0.05) is 0 Å². The predicted octanol–water partition coefficient (Wildman–Crippen LogP) is -3.27. The van der Waals surface area contributed by atoms with Crippen molar-refractivity contribution in [2.45, 2.75) is 0 Å². The van der Waals surface area contributed by atoms with Crippen LogP contribution in [0.3, 0.4) is 0 Å². The molecule has 1 heterocycles. The maximum Gasteiger partial charge on any atom is 0.361 e. The molecular weight excluding hydrogens is 241 g/mol. The summed E-state index contributed by atoms with van der Waals surface area (Å²) in [6.07, 6.45) is 3.69. The van der Waals surface area contributed by atoms with E-state index in [1.54, 1.807) is 9.13 Å². The number of hydrogen-bond acceptors (Lipinski definition) is 1. The third kappa shape index (κ3) is 1.48. The van der Waals surface area contributed by atoms with Crippen LogP contribution in [0.2, 0.25) is 0 Å². The summed E-state index contributed by atoms with van der Waals surface area (Å²) in [5, 5.41) is 8.50. The molecule has 0 fully saturated rings. The van der Waals surface area contributed by atoms with E-state index in [-0.39, 0.29) is 24.0 Å². The van der Waals surface area contributed by atoms with E-state index in [0.29, 0.717) is 5.82 Å². The van der Waals surface area contributed by atoms with Crippen LogP contribution in [-0.4, -0.2) is 4.57 Å². The van der Waals surface area contributed by atoms with Gasteiger partial charge in [-0.3, -0.25) is 0 Å². The van der Waals surface area contributed by atoms with Gasteiger partial charge in [0.1, 0.15) is 12.4 Å². The Labute approximate surface area is 76.9 Å². The van der Waals surface area contributed by atoms with Gasteiger partial charge in [0.15, 0.2) is 6.07 Å². The minimum Gasteiger partial charge on any atom is -1.00 e. The van der Waals surface area contributed by atoms with Gasteiger partial charge in [0.25, 0.3) is 0 Å². The second-order valence-corrected chi connectivity index (χ2v) is 1.96. The fourth-order valence-corrected chi connectivity index (χ4v) is 0.748. The minimum atomic E-state index is 0. The van der Waals surface area contributed by atoms with E-state index in [2.05, 4.69) is 6.07 Å². The van der Waals surface area contributed by atoms with Crippen molar-refractivity contribution in [3.8, 4) is 6.07 Å². The van der Waals surface area contributed by atoms with Crippen LogP contribution in [0.15, 0.2) is 12.4 Å². The zero-order chi connectivity index (χ0) is 6.85. The fraction of sp³-hybridized carbons (Fsp3) is 0.333. The number of nitrogens with zero attached hydrogens (tertiary/aromatic N) is 3. The topological polar surface area (TPSA) is 32.6 Å². The molecule has 0 unspecified atom stereocenters. The first-order valence-electron chi connectivity index (χ1n) is 2.66. The zero-order valence-corrected chi connectivity index (χ0v) is 8.03. The molecule has 0 aliphatic heterocycles. The van der Waals surface area contributed by atoms with Crippen LogP contribution in [0.25, 0.3) is 0 Å². The van der Waals surface area contributed by atoms with Crippen LogP contribution in [0.4, 0.5) is 0 Å². The number of imidazole rings is 1. The largest absolute Gasteiger partial charge is 1.00 e. The Morgan fingerprint density at radius 1 is 1.70 bits per heavy atom. The van der Waals surface area contributed by atoms with Crippen molar-refractivity contribution >= 4 is 0 Å². The third-order valence-electron chi connectivity index (χ3n) is 1.28. The number of hydrogen-bond donors (Lipinski definition) is 0. The second-order valence-electron chi connectivity index (χ2n) is 1.96. The molecule has 1 rings (SSSR count). The molecule has 3 nitrogen and oxygen atoms in total. The number of nitriles is 1. The molecule has 10 heavy (non-hydrogen) atoms. The van der Waals surface area contributed by atoms with Crippen molar-refractivity contribution in [2.75, 3.05) is 0 Å². The SMILES string of the molecule is Cn1cc[n+](C)c1C#N.[I-]. The van der Waals surface area contributed by atoms with Crippen molar-refractivity contribution in [1.82, 2.24) is 4.57 Å². The first-order valence-corrected chi connectivity index (χ1v) is 2.66. The summed E-state index contributed by atoms with van der Waals surface area (Å²) in [7, 11) is 3.69. The predicted molar refractivity (Wildman–Crippen MR) is 31.3 cm³/mol. The van der Waals surface area contributed by atoms with Crippen LogP contribution in [0.5, 0.6) is 0 Å². The molecular formula is C6H8IN3. The highest BCUT2D eigenvalue weighted by Crippen LogP contribution is 1.85. The van der Waals surface area contributed by atoms with Crippen LogP contribution in [0.1, 0.15) is 5.82 Å². The Bertz CT molecular complexity index is 239. The lowest BCUT2D eigenvalue weighted by molar-refractivity contribution is -0.673. The van der Waals surface area contributed by atoms with E-state index in [4.69, 9.17) is 5.26 Å². The van der Waals surface area contributed by atoms with Crippen molar-refractivity contribution in [2.24, 2.45) is 14.1 Å². The zero-order valence-electron chi connectivity index (χ0n) is 5.87. The summed E-state index contributed by atoms with van der Waals surface area (Å²) in [5.74, 6) is 0.662. The van der Waals surface area contributed by atoms with Crippen LogP contribution in [-0.2, 0) is 14.1 Å². The van der Waals surface area contributed by atoms with Crippen molar-refractivity contribution in [3.63, 3.8) is 0 Å². The molecule has 1 aromatic heterocycles. The molecule has 0 N–H and O–H groups in total. The van der Waals surface area contributed by atoms with Gasteiger partial charge in [-0.05, 0) is 0 Å². The van der Waals surface area contributed by atoms with Gasteiger partial charge in [-0.15, -0.1) is 0 Å². The van der Waals surface area contributed by atoms with E-state index in [0.717, 1.165) is 0 Å². The molecule has 0 spiro atoms. The summed E-state index contributed by atoms with van der Waals surface area (Å²) in [5.41, 5.74) is 0. The average molecular weight is 249 g/mol. The maximum absolute atomic E-state index is 8.50. The van der Waals surface area contributed by atoms with Gasteiger partial charge in [0.2, 0.25) is 0 Å². The van der Waals surface area contributed by atoms with Crippen LogP contribution >= 0.6 is 0 Å². The van der Waals surface area contributed by atoms with E-state index in [9.17, 15) is 0 Å². The fourth-order valence-electron chi connectivity index (χ4n) is 0.748. The summed E-state index contributed by atoms with van der Waals surface area (Å²) in [4.78, 5) is 0. The van der Waals surface area contributed by atoms with E-state index in [1.807, 2.05) is 26.5 Å². The monoisotopic (exact) mass is 249 g/mol. The number of halogens is 1. The summed E-state index contributed by atoms with van der Waals surface area (Å²) >= 11 is 0. The summed E-state index contributed by atoms with van der Waals surface area (Å²) in [6.45, 7) is 0. The molecule has 0 saturated heterocycles. The molecule has 0 aromatic carbocycles. The third-order valence-corrected chi connectivity index (χ3v) is 1.28. The molecule has 0 saturated carbocycles. The van der Waals surface area contributed by atoms with Gasteiger partial charge in [-0.2, -0.15) is 5.26 Å². The quantitative estimate of drug-likeness (QED) is 0.350. The van der Waals surface area contributed by atoms with Gasteiger partial charge in [-0.25, -0.2) is 9.13 Å². The number of rotatable bonds is 0. The Hall–Kier alpha value is -0.570. The van der Waals surface area contributed by atoms with Crippen LogP contribution < -0.4 is 28.5 Å². The molecule has 1 aromatic rings. The molecule has 0 radical (unpaired) electrons. The Morgan fingerprint density at radius 3 is 2.50 bits per heavy atom. The number of aryl methyl sites for hydroxylation is 2. The lowest BCUT2D eigenvalue weighted by atomic mass is 10.6. The number of aromatic nitrogens is 2. The van der Waals surface area contributed by atoms with Crippen molar-refractivity contribution in [1.29, 1.82) is 5.26 Å². The minimum absolute atomic E-state index is 0. The van der Waals surface area contributed by atoms with Crippen molar-refractivity contribution < 1.29 is 28.5 Å². The average Bonchev–Trinajstić information content (AvgIpc) is 2.12. The van der Waals surface area contributed by atoms with Crippen molar-refractivity contribution in [3.05, 3.63) is 18.2 Å². The molecule has 0 amide bonds. The molecule has 0 atom stereocenters. The normalized spacial score (nSPS) is 8.10. The van der Waals surface area contributed by atoms with E-state index < -0.39 is 0 Å². The van der Waals surface area contributed by atoms with E-state index >= 15 is 0 Å². The lowest BCUT2D eigenvalue weighted by Crippen LogP contribution is -3.00. The summed E-state index contributed by atoms with van der Waals surface area (Å²) in [6, 6.07) is 2.07. The molecule has 4 heteroatoms. The van der Waals surface area contributed by atoms with E-state index in [1.165, 1.54) is 0 Å². The highest BCUT2D eigenvalue weighted by Gasteiger charge is 2.07. The highest BCUT2D eigenvalue weighted by atomic mass is 127. The molecule has 54 valence electrons. The van der Waals surface area contributed by atoms with Gasteiger partial charge < -0.3 is 24.0 Å². The Balaban J connectivity index is 0.000000810. The first kappa shape index (κ1) is 9.43.